The maximum Gasteiger partial charge on any atom is 0.251 e. The molecule has 1 aliphatic rings. The smallest absolute Gasteiger partial charge is 0.251 e. The van der Waals surface area contributed by atoms with Gasteiger partial charge in [0.1, 0.15) is 0 Å². The van der Waals surface area contributed by atoms with Crippen molar-refractivity contribution in [2.75, 3.05) is 33.9 Å². The summed E-state index contributed by atoms with van der Waals surface area (Å²) in [7, 11) is 3.23. The van der Waals surface area contributed by atoms with Gasteiger partial charge in [0.25, 0.3) is 5.91 Å². The molecule has 0 saturated carbocycles. The van der Waals surface area contributed by atoms with Crippen LogP contribution in [0.1, 0.15) is 35.3 Å². The Hall–Kier alpha value is -2.57. The molecule has 0 bridgehead atoms. The van der Waals surface area contributed by atoms with Crippen molar-refractivity contribution in [3.63, 3.8) is 0 Å². The van der Waals surface area contributed by atoms with Crippen LogP contribution in [0, 0.1) is 0 Å². The van der Waals surface area contributed by atoms with Crippen LogP contribution in [0.3, 0.4) is 0 Å². The lowest BCUT2D eigenvalue weighted by atomic mass is 10.1. The summed E-state index contributed by atoms with van der Waals surface area (Å²) in [4.78, 5) is 14.9. The van der Waals surface area contributed by atoms with Crippen LogP contribution in [0.15, 0.2) is 42.5 Å². The normalized spacial score (nSPS) is 19.3. The average Bonchev–Trinajstić information content (AvgIpc) is 2.73. The van der Waals surface area contributed by atoms with Gasteiger partial charge in [0.05, 0.1) is 26.4 Å². The van der Waals surface area contributed by atoms with Crippen molar-refractivity contribution in [1.29, 1.82) is 0 Å². The van der Waals surface area contributed by atoms with E-state index in [1.54, 1.807) is 14.2 Å². The molecule has 1 heterocycles. The number of carbonyl (C=O) groups is 1. The molecule has 2 atom stereocenters. The molecule has 0 radical (unpaired) electrons. The molecule has 6 heteroatoms. The molecular formula is C24H32N2O4. The van der Waals surface area contributed by atoms with Crippen LogP contribution >= 0.6 is 0 Å². The van der Waals surface area contributed by atoms with Gasteiger partial charge in [-0.3, -0.25) is 9.69 Å². The quantitative estimate of drug-likeness (QED) is 0.721. The van der Waals surface area contributed by atoms with Gasteiger partial charge < -0.3 is 19.5 Å². The van der Waals surface area contributed by atoms with Crippen LogP contribution in [0.5, 0.6) is 11.5 Å². The number of amides is 1. The summed E-state index contributed by atoms with van der Waals surface area (Å²) in [6.07, 6.45) is 1.23. The molecule has 1 saturated heterocycles. The van der Waals surface area contributed by atoms with Gasteiger partial charge in [0.2, 0.25) is 0 Å². The van der Waals surface area contributed by atoms with Gasteiger partial charge in [-0.1, -0.05) is 18.2 Å². The number of hydrogen-bond acceptors (Lipinski definition) is 5. The Kier molecular flexibility index (Phi) is 7.71. The van der Waals surface area contributed by atoms with Gasteiger partial charge in [-0.25, -0.2) is 0 Å². The lowest BCUT2D eigenvalue weighted by Crippen LogP contribution is -2.44. The maximum absolute atomic E-state index is 12.5. The molecule has 2 unspecified atom stereocenters. The molecule has 0 spiro atoms. The van der Waals surface area contributed by atoms with Crippen molar-refractivity contribution in [3.05, 3.63) is 59.2 Å². The Labute approximate surface area is 179 Å². The Morgan fingerprint density at radius 1 is 1.00 bits per heavy atom. The van der Waals surface area contributed by atoms with Gasteiger partial charge in [0.15, 0.2) is 11.5 Å². The first-order valence-electron chi connectivity index (χ1n) is 10.4. The zero-order valence-electron chi connectivity index (χ0n) is 18.3. The third kappa shape index (κ3) is 5.97. The van der Waals surface area contributed by atoms with Crippen LogP contribution in [-0.4, -0.2) is 56.9 Å². The predicted molar refractivity (Wildman–Crippen MR) is 117 cm³/mol. The number of carbonyl (C=O) groups excluding carboxylic acids is 1. The van der Waals surface area contributed by atoms with E-state index in [1.165, 1.54) is 5.56 Å². The SMILES string of the molecule is COc1ccc(CCNC(=O)c2ccc(CN3CC(C)OC(C)C3)cc2)cc1OC. The van der Waals surface area contributed by atoms with Gasteiger partial charge in [-0.05, 0) is 55.7 Å². The first kappa shape index (κ1) is 22.1. The number of nitrogens with zero attached hydrogens (tertiary/aromatic N) is 1. The molecule has 1 fully saturated rings. The second-order valence-corrected chi connectivity index (χ2v) is 7.84. The highest BCUT2D eigenvalue weighted by atomic mass is 16.5. The molecule has 2 aromatic carbocycles. The Balaban J connectivity index is 1.49. The lowest BCUT2D eigenvalue weighted by molar-refractivity contribution is -0.0704. The van der Waals surface area contributed by atoms with Crippen LogP contribution in [0.25, 0.3) is 0 Å². The molecule has 0 aromatic heterocycles. The number of morpholine rings is 1. The van der Waals surface area contributed by atoms with Crippen LogP contribution in [0.4, 0.5) is 0 Å². The van der Waals surface area contributed by atoms with Crippen molar-refractivity contribution in [2.24, 2.45) is 0 Å². The zero-order valence-corrected chi connectivity index (χ0v) is 18.3. The minimum absolute atomic E-state index is 0.0596. The van der Waals surface area contributed by atoms with Crippen molar-refractivity contribution in [3.8, 4) is 11.5 Å². The van der Waals surface area contributed by atoms with E-state index in [-0.39, 0.29) is 18.1 Å². The molecule has 1 N–H and O–H groups in total. The average molecular weight is 413 g/mol. The predicted octanol–water partition coefficient (Wildman–Crippen LogP) is 3.29. The number of hydrogen-bond donors (Lipinski definition) is 1. The number of methoxy groups -OCH3 is 2. The van der Waals surface area contributed by atoms with Crippen molar-refractivity contribution in [1.82, 2.24) is 10.2 Å². The molecule has 3 rings (SSSR count). The molecule has 0 aliphatic carbocycles. The fourth-order valence-electron chi connectivity index (χ4n) is 3.89. The first-order valence-corrected chi connectivity index (χ1v) is 10.4. The summed E-state index contributed by atoms with van der Waals surface area (Å²) in [5.41, 5.74) is 2.96. The maximum atomic E-state index is 12.5. The second-order valence-electron chi connectivity index (χ2n) is 7.84. The molecule has 162 valence electrons. The van der Waals surface area contributed by atoms with E-state index in [4.69, 9.17) is 14.2 Å². The molecule has 6 nitrogen and oxygen atoms in total. The largest absolute Gasteiger partial charge is 0.493 e. The monoisotopic (exact) mass is 412 g/mol. The lowest BCUT2D eigenvalue weighted by Gasteiger charge is -2.35. The van der Waals surface area contributed by atoms with Gasteiger partial charge in [-0.15, -0.1) is 0 Å². The number of ether oxygens (including phenoxy) is 3. The van der Waals surface area contributed by atoms with Crippen LogP contribution < -0.4 is 14.8 Å². The fourth-order valence-corrected chi connectivity index (χ4v) is 3.89. The summed E-state index contributed by atoms with van der Waals surface area (Å²) in [5.74, 6) is 1.34. The Morgan fingerprint density at radius 2 is 1.63 bits per heavy atom. The highest BCUT2D eigenvalue weighted by molar-refractivity contribution is 5.94. The van der Waals surface area contributed by atoms with Gasteiger partial charge in [0, 0.05) is 31.7 Å². The van der Waals surface area contributed by atoms with Crippen molar-refractivity contribution < 1.29 is 19.0 Å². The van der Waals surface area contributed by atoms with E-state index in [0.717, 1.165) is 31.6 Å². The summed E-state index contributed by atoms with van der Waals surface area (Å²) >= 11 is 0. The van der Waals surface area contributed by atoms with E-state index in [2.05, 4.69) is 24.1 Å². The molecule has 1 amide bonds. The number of nitrogens with one attached hydrogen (secondary N) is 1. The third-order valence-corrected chi connectivity index (χ3v) is 5.26. The zero-order chi connectivity index (χ0) is 21.5. The highest BCUT2D eigenvalue weighted by Gasteiger charge is 2.22. The summed E-state index contributed by atoms with van der Waals surface area (Å²) < 4.78 is 16.4. The minimum Gasteiger partial charge on any atom is -0.493 e. The first-order chi connectivity index (χ1) is 14.5. The topological polar surface area (TPSA) is 60.0 Å². The number of rotatable bonds is 8. The van der Waals surface area contributed by atoms with E-state index in [1.807, 2.05) is 42.5 Å². The minimum atomic E-state index is -0.0596. The highest BCUT2D eigenvalue weighted by Crippen LogP contribution is 2.27. The summed E-state index contributed by atoms with van der Waals surface area (Å²) in [6.45, 7) is 7.51. The second kappa shape index (κ2) is 10.5. The van der Waals surface area contributed by atoms with E-state index in [9.17, 15) is 4.79 Å². The molecule has 2 aromatic rings. The van der Waals surface area contributed by atoms with Crippen LogP contribution in [-0.2, 0) is 17.7 Å². The van der Waals surface area contributed by atoms with Gasteiger partial charge in [-0.2, -0.15) is 0 Å². The molecule has 1 aliphatic heterocycles. The Morgan fingerprint density at radius 3 is 2.27 bits per heavy atom. The van der Waals surface area contributed by atoms with E-state index >= 15 is 0 Å². The summed E-state index contributed by atoms with van der Waals surface area (Å²) in [5, 5.41) is 2.99. The summed E-state index contributed by atoms with van der Waals surface area (Å²) in [6, 6.07) is 13.7. The fraction of sp³-hybridized carbons (Fsp3) is 0.458. The van der Waals surface area contributed by atoms with Crippen LogP contribution in [0.2, 0.25) is 0 Å². The standard InChI is InChI=1S/C24H32N2O4/c1-17-14-26(15-18(2)30-17)16-20-5-8-21(9-6-20)24(27)25-12-11-19-7-10-22(28-3)23(13-19)29-4/h5-10,13,17-18H,11-12,14-16H2,1-4H3,(H,25,27). The van der Waals surface area contributed by atoms with Gasteiger partial charge >= 0.3 is 0 Å². The van der Waals surface area contributed by atoms with Crippen molar-refractivity contribution in [2.45, 2.75) is 39.0 Å². The molecule has 30 heavy (non-hydrogen) atoms. The van der Waals surface area contributed by atoms with Crippen molar-refractivity contribution >= 4 is 5.91 Å². The molecular weight excluding hydrogens is 380 g/mol. The third-order valence-electron chi connectivity index (χ3n) is 5.26. The van der Waals surface area contributed by atoms with E-state index < -0.39 is 0 Å². The Bertz CT molecular complexity index is 828. The van der Waals surface area contributed by atoms with E-state index in [0.29, 0.717) is 23.6 Å². The number of benzene rings is 2.